The first-order chi connectivity index (χ1) is 13.7. The second-order valence-corrected chi connectivity index (χ2v) is 6.66. The number of fused-ring (bicyclic) bond motifs is 1. The van der Waals surface area contributed by atoms with Gasteiger partial charge in [0.25, 0.3) is 5.91 Å². The van der Waals surface area contributed by atoms with Gasteiger partial charge in [0.1, 0.15) is 5.82 Å². The number of benzene rings is 2. The number of pyridine rings is 1. The highest BCUT2D eigenvalue weighted by Crippen LogP contribution is 2.24. The van der Waals surface area contributed by atoms with Gasteiger partial charge in [-0.2, -0.15) is 0 Å². The van der Waals surface area contributed by atoms with E-state index in [9.17, 15) is 4.79 Å². The van der Waals surface area contributed by atoms with E-state index in [-0.39, 0.29) is 5.91 Å². The highest BCUT2D eigenvalue weighted by Gasteiger charge is 2.05. The van der Waals surface area contributed by atoms with Crippen LogP contribution in [0, 0.1) is 0 Å². The van der Waals surface area contributed by atoms with Crippen LogP contribution in [-0.4, -0.2) is 17.4 Å². The summed E-state index contributed by atoms with van der Waals surface area (Å²) >= 11 is 6.10. The average Bonchev–Trinajstić information content (AvgIpc) is 2.73. The molecule has 0 aliphatic rings. The zero-order valence-electron chi connectivity index (χ0n) is 15.7. The number of allylic oxidation sites excluding steroid dienone is 1. The molecule has 3 rings (SSSR count). The zero-order chi connectivity index (χ0) is 19.8. The van der Waals surface area contributed by atoms with Crippen LogP contribution in [0.2, 0.25) is 5.02 Å². The third kappa shape index (κ3) is 5.21. The normalized spacial score (nSPS) is 11.7. The van der Waals surface area contributed by atoms with E-state index in [0.29, 0.717) is 23.7 Å². The molecule has 2 N–H and O–H groups in total. The summed E-state index contributed by atoms with van der Waals surface area (Å²) in [5.41, 5.74) is 1.68. The fourth-order valence-electron chi connectivity index (χ4n) is 2.81. The molecular formula is C23H22ClN3O. The third-order valence-corrected chi connectivity index (χ3v) is 4.52. The minimum atomic E-state index is -0.0994. The molecule has 1 heterocycles. The molecule has 142 valence electrons. The number of anilines is 1. The molecule has 5 heteroatoms. The predicted octanol–water partition coefficient (Wildman–Crippen LogP) is 5.12. The lowest BCUT2D eigenvalue weighted by molar-refractivity contribution is -0.117. The van der Waals surface area contributed by atoms with Crippen LogP contribution in [0.5, 0.6) is 0 Å². The van der Waals surface area contributed by atoms with Crippen LogP contribution in [0.1, 0.15) is 12.5 Å². The first-order valence-electron chi connectivity index (χ1n) is 9.10. The van der Waals surface area contributed by atoms with Crippen molar-refractivity contribution >= 4 is 34.1 Å². The van der Waals surface area contributed by atoms with Gasteiger partial charge >= 0.3 is 0 Å². The number of halogens is 1. The second kappa shape index (κ2) is 9.72. The van der Waals surface area contributed by atoms with Crippen LogP contribution in [0.25, 0.3) is 10.8 Å². The molecule has 0 fully saturated rings. The van der Waals surface area contributed by atoms with Gasteiger partial charge in [-0.05, 0) is 36.1 Å². The van der Waals surface area contributed by atoms with Crippen LogP contribution in [-0.2, 0) is 11.3 Å². The molecule has 0 aliphatic heterocycles. The van der Waals surface area contributed by atoms with Crippen molar-refractivity contribution in [2.24, 2.45) is 0 Å². The van der Waals surface area contributed by atoms with Crippen molar-refractivity contribution < 1.29 is 4.79 Å². The molecule has 0 unspecified atom stereocenters. The summed E-state index contributed by atoms with van der Waals surface area (Å²) in [4.78, 5) is 16.7. The van der Waals surface area contributed by atoms with Crippen molar-refractivity contribution in [1.82, 2.24) is 10.3 Å². The Morgan fingerprint density at radius 2 is 1.96 bits per heavy atom. The quantitative estimate of drug-likeness (QED) is 0.434. The van der Waals surface area contributed by atoms with Crippen molar-refractivity contribution in [2.75, 3.05) is 11.9 Å². The summed E-state index contributed by atoms with van der Waals surface area (Å²) in [6, 6.07) is 17.5. The van der Waals surface area contributed by atoms with Crippen molar-refractivity contribution in [3.8, 4) is 0 Å². The fraction of sp³-hybridized carbons (Fsp3) is 0.130. The number of amides is 1. The Hall–Kier alpha value is -3.11. The average molecular weight is 392 g/mol. The maximum atomic E-state index is 12.3. The van der Waals surface area contributed by atoms with Crippen molar-refractivity contribution in [1.29, 1.82) is 0 Å². The van der Waals surface area contributed by atoms with Gasteiger partial charge in [-0.1, -0.05) is 66.2 Å². The van der Waals surface area contributed by atoms with Gasteiger partial charge in [-0.15, -0.1) is 0 Å². The van der Waals surface area contributed by atoms with Gasteiger partial charge in [0.05, 0.1) is 0 Å². The number of nitrogens with one attached hydrogen (secondary N) is 2. The van der Waals surface area contributed by atoms with E-state index < -0.39 is 0 Å². The number of nitrogens with zero attached hydrogens (tertiary/aromatic N) is 1. The summed E-state index contributed by atoms with van der Waals surface area (Å²) < 4.78 is 0. The number of rotatable bonds is 7. The van der Waals surface area contributed by atoms with E-state index >= 15 is 0 Å². The topological polar surface area (TPSA) is 54.0 Å². The lowest BCUT2D eigenvalue weighted by atomic mass is 10.1. The number of aromatic nitrogens is 1. The smallest absolute Gasteiger partial charge is 0.251 e. The van der Waals surface area contributed by atoms with Gasteiger partial charge in [0, 0.05) is 35.3 Å². The molecule has 4 nitrogen and oxygen atoms in total. The number of hydrogen-bond acceptors (Lipinski definition) is 3. The molecule has 1 amide bonds. The Kier molecular flexibility index (Phi) is 6.82. The van der Waals surface area contributed by atoms with Crippen LogP contribution in [0.3, 0.4) is 0 Å². The molecule has 0 atom stereocenters. The largest absolute Gasteiger partial charge is 0.366 e. The van der Waals surface area contributed by atoms with E-state index in [2.05, 4.69) is 15.6 Å². The fourth-order valence-corrected chi connectivity index (χ4v) is 2.98. The van der Waals surface area contributed by atoms with E-state index in [1.807, 2.05) is 73.7 Å². The summed E-state index contributed by atoms with van der Waals surface area (Å²) in [6.45, 7) is 2.90. The highest BCUT2D eigenvalue weighted by molar-refractivity contribution is 6.31. The molecular weight excluding hydrogens is 370 g/mol. The molecule has 1 aromatic heterocycles. The molecule has 0 bridgehead atoms. The van der Waals surface area contributed by atoms with Crippen molar-refractivity contribution in [3.05, 3.63) is 95.2 Å². The lowest BCUT2D eigenvalue weighted by Gasteiger charge is -2.08. The van der Waals surface area contributed by atoms with E-state index in [0.717, 1.165) is 22.2 Å². The SMILES string of the molecule is C/C=C(\C=C/CNc1nccc2ccc(Cl)cc12)C(=O)NCc1ccccc1. The summed E-state index contributed by atoms with van der Waals surface area (Å²) in [5.74, 6) is 0.665. The highest BCUT2D eigenvalue weighted by atomic mass is 35.5. The van der Waals surface area contributed by atoms with Crippen LogP contribution in [0.4, 0.5) is 5.82 Å². The predicted molar refractivity (Wildman–Crippen MR) is 116 cm³/mol. The maximum absolute atomic E-state index is 12.3. The lowest BCUT2D eigenvalue weighted by Crippen LogP contribution is -2.23. The minimum absolute atomic E-state index is 0.0994. The molecule has 2 aromatic carbocycles. The second-order valence-electron chi connectivity index (χ2n) is 6.22. The summed E-state index contributed by atoms with van der Waals surface area (Å²) in [5, 5.41) is 8.92. The van der Waals surface area contributed by atoms with Gasteiger partial charge < -0.3 is 10.6 Å². The molecule has 0 aliphatic carbocycles. The third-order valence-electron chi connectivity index (χ3n) is 4.28. The standard InChI is InChI=1S/C23H22ClN3O/c1-2-18(23(28)27-16-17-7-4-3-5-8-17)9-6-13-25-22-21-15-20(24)11-10-19(21)12-14-26-22/h2-12,14-15H,13,16H2,1H3,(H,25,26)(H,27,28)/b9-6-,18-2+. The Balaban J connectivity index is 1.57. The molecule has 0 radical (unpaired) electrons. The minimum Gasteiger partial charge on any atom is -0.366 e. The first-order valence-corrected chi connectivity index (χ1v) is 9.48. The molecule has 0 spiro atoms. The number of hydrogen-bond donors (Lipinski definition) is 2. The van der Waals surface area contributed by atoms with Crippen LogP contribution < -0.4 is 10.6 Å². The summed E-state index contributed by atoms with van der Waals surface area (Å²) in [6.07, 6.45) is 7.28. The van der Waals surface area contributed by atoms with E-state index in [4.69, 9.17) is 11.6 Å². The number of carbonyl (C=O) groups excluding carboxylic acids is 1. The Morgan fingerprint density at radius 1 is 1.14 bits per heavy atom. The van der Waals surface area contributed by atoms with Gasteiger partial charge in [0.15, 0.2) is 0 Å². The van der Waals surface area contributed by atoms with Crippen LogP contribution in [0.15, 0.2) is 84.6 Å². The molecule has 0 saturated carbocycles. The van der Waals surface area contributed by atoms with Gasteiger partial charge in [-0.25, -0.2) is 4.98 Å². The molecule has 28 heavy (non-hydrogen) atoms. The van der Waals surface area contributed by atoms with E-state index in [1.165, 1.54) is 0 Å². The molecule has 0 saturated heterocycles. The van der Waals surface area contributed by atoms with Crippen LogP contribution >= 0.6 is 11.6 Å². The van der Waals surface area contributed by atoms with Crippen molar-refractivity contribution in [2.45, 2.75) is 13.5 Å². The molecule has 3 aromatic rings. The van der Waals surface area contributed by atoms with Gasteiger partial charge in [0.2, 0.25) is 0 Å². The monoisotopic (exact) mass is 391 g/mol. The Labute approximate surface area is 169 Å². The first kappa shape index (κ1) is 19.6. The Morgan fingerprint density at radius 3 is 2.75 bits per heavy atom. The van der Waals surface area contributed by atoms with Gasteiger partial charge in [-0.3, -0.25) is 4.79 Å². The summed E-state index contributed by atoms with van der Waals surface area (Å²) in [7, 11) is 0. The zero-order valence-corrected chi connectivity index (χ0v) is 16.4. The number of carbonyl (C=O) groups is 1. The Bertz CT molecular complexity index is 1010. The van der Waals surface area contributed by atoms with E-state index in [1.54, 1.807) is 12.3 Å². The van der Waals surface area contributed by atoms with Crippen molar-refractivity contribution in [3.63, 3.8) is 0 Å². The maximum Gasteiger partial charge on any atom is 0.251 e.